The number of hydrogen-bond donors (Lipinski definition) is 3. The standard InChI is InChI=1S/C13H17N3O5/c1-8-6-9(16(20)21)4-5-10(8)14-12(19)15-13(2,3)7-11(17)18/h4-6H,7H2,1-3H3,(H,17,18)(H2,14,15,19). The average Bonchev–Trinajstić information content (AvgIpc) is 2.28. The lowest BCUT2D eigenvalue weighted by Gasteiger charge is -2.24. The fourth-order valence-corrected chi connectivity index (χ4v) is 1.78. The minimum atomic E-state index is -1.02. The number of amides is 2. The first-order chi connectivity index (χ1) is 9.60. The third-order valence-corrected chi connectivity index (χ3v) is 2.71. The Balaban J connectivity index is 2.75. The molecule has 0 aliphatic rings. The summed E-state index contributed by atoms with van der Waals surface area (Å²) in [5.74, 6) is -1.02. The number of nitrogens with zero attached hydrogens (tertiary/aromatic N) is 1. The number of aliphatic carboxylic acids is 1. The Labute approximate surface area is 121 Å². The summed E-state index contributed by atoms with van der Waals surface area (Å²) in [6.45, 7) is 4.80. The van der Waals surface area contributed by atoms with E-state index in [9.17, 15) is 19.7 Å². The lowest BCUT2D eigenvalue weighted by Crippen LogP contribution is -2.46. The van der Waals surface area contributed by atoms with Crippen LogP contribution in [0.1, 0.15) is 25.8 Å². The maximum absolute atomic E-state index is 11.8. The van der Waals surface area contributed by atoms with Gasteiger partial charge >= 0.3 is 12.0 Å². The predicted octanol–water partition coefficient (Wildman–Crippen LogP) is 2.28. The Morgan fingerprint density at radius 3 is 2.48 bits per heavy atom. The maximum atomic E-state index is 11.8. The molecule has 0 saturated carbocycles. The number of non-ortho nitro benzene ring substituents is 1. The molecule has 1 rings (SSSR count). The zero-order valence-electron chi connectivity index (χ0n) is 12.0. The van der Waals surface area contributed by atoms with E-state index in [4.69, 9.17) is 5.11 Å². The molecular weight excluding hydrogens is 278 g/mol. The molecule has 1 aromatic carbocycles. The molecule has 8 nitrogen and oxygen atoms in total. The highest BCUT2D eigenvalue weighted by atomic mass is 16.6. The molecule has 0 unspecified atom stereocenters. The molecule has 21 heavy (non-hydrogen) atoms. The van der Waals surface area contributed by atoms with Gasteiger partial charge in [-0.15, -0.1) is 0 Å². The van der Waals surface area contributed by atoms with Crippen LogP contribution in [0, 0.1) is 17.0 Å². The van der Waals surface area contributed by atoms with Gasteiger partial charge in [0.1, 0.15) is 0 Å². The van der Waals surface area contributed by atoms with Crippen molar-refractivity contribution in [2.24, 2.45) is 0 Å². The van der Waals surface area contributed by atoms with Crippen molar-refractivity contribution in [1.29, 1.82) is 0 Å². The molecule has 0 saturated heterocycles. The van der Waals surface area contributed by atoms with Crippen molar-refractivity contribution in [3.63, 3.8) is 0 Å². The number of nitrogens with one attached hydrogen (secondary N) is 2. The predicted molar refractivity (Wildman–Crippen MR) is 76.3 cm³/mol. The number of carbonyl (C=O) groups excluding carboxylic acids is 1. The number of nitro groups is 1. The van der Waals surface area contributed by atoms with Crippen molar-refractivity contribution in [3.05, 3.63) is 33.9 Å². The molecule has 0 spiro atoms. The summed E-state index contributed by atoms with van der Waals surface area (Å²) in [6, 6.07) is 3.48. The van der Waals surface area contributed by atoms with Crippen LogP contribution < -0.4 is 10.6 Å². The summed E-state index contributed by atoms with van der Waals surface area (Å²) in [5, 5.41) is 24.4. The topological polar surface area (TPSA) is 122 Å². The first kappa shape index (κ1) is 16.4. The minimum Gasteiger partial charge on any atom is -0.481 e. The van der Waals surface area contributed by atoms with Crippen LogP contribution in [-0.2, 0) is 4.79 Å². The van der Waals surface area contributed by atoms with Crippen molar-refractivity contribution in [2.75, 3.05) is 5.32 Å². The van der Waals surface area contributed by atoms with Crippen LogP contribution in [0.2, 0.25) is 0 Å². The van der Waals surface area contributed by atoms with Crippen LogP contribution in [0.4, 0.5) is 16.2 Å². The Bertz CT molecular complexity index is 583. The first-order valence-electron chi connectivity index (χ1n) is 6.17. The Morgan fingerprint density at radius 2 is 2.00 bits per heavy atom. The van der Waals surface area contributed by atoms with Crippen LogP contribution in [0.15, 0.2) is 18.2 Å². The van der Waals surface area contributed by atoms with Crippen LogP contribution in [0.25, 0.3) is 0 Å². The van der Waals surface area contributed by atoms with Crippen LogP contribution in [-0.4, -0.2) is 27.6 Å². The number of carbonyl (C=O) groups is 2. The molecular formula is C13H17N3O5. The van der Waals surface area contributed by atoms with Gasteiger partial charge in [0.2, 0.25) is 0 Å². The normalized spacial score (nSPS) is 10.8. The summed E-state index contributed by atoms with van der Waals surface area (Å²) in [6.07, 6.45) is -0.223. The van der Waals surface area contributed by atoms with Gasteiger partial charge in [0, 0.05) is 23.4 Å². The summed E-state index contributed by atoms with van der Waals surface area (Å²) < 4.78 is 0. The van der Waals surface area contributed by atoms with Gasteiger partial charge < -0.3 is 15.7 Å². The molecule has 114 valence electrons. The first-order valence-corrected chi connectivity index (χ1v) is 6.17. The molecule has 0 radical (unpaired) electrons. The molecule has 1 aromatic rings. The van der Waals surface area contributed by atoms with E-state index in [1.54, 1.807) is 20.8 Å². The molecule has 0 bridgehead atoms. The number of carboxylic acids is 1. The summed E-state index contributed by atoms with van der Waals surface area (Å²) in [4.78, 5) is 32.6. The zero-order valence-corrected chi connectivity index (χ0v) is 12.0. The number of urea groups is 1. The second-order valence-electron chi connectivity index (χ2n) is 5.29. The maximum Gasteiger partial charge on any atom is 0.319 e. The van der Waals surface area contributed by atoms with Crippen LogP contribution in [0.3, 0.4) is 0 Å². The second-order valence-corrected chi connectivity index (χ2v) is 5.29. The molecule has 0 aliphatic heterocycles. The van der Waals surface area contributed by atoms with Crippen LogP contribution >= 0.6 is 0 Å². The highest BCUT2D eigenvalue weighted by molar-refractivity contribution is 5.91. The molecule has 0 atom stereocenters. The number of aryl methyl sites for hydroxylation is 1. The lowest BCUT2D eigenvalue weighted by molar-refractivity contribution is -0.384. The zero-order chi connectivity index (χ0) is 16.2. The fraction of sp³-hybridized carbons (Fsp3) is 0.385. The van der Waals surface area contributed by atoms with E-state index in [0.29, 0.717) is 11.3 Å². The van der Waals surface area contributed by atoms with E-state index in [-0.39, 0.29) is 12.1 Å². The monoisotopic (exact) mass is 295 g/mol. The fourth-order valence-electron chi connectivity index (χ4n) is 1.78. The van der Waals surface area contributed by atoms with Crippen molar-refractivity contribution in [1.82, 2.24) is 5.32 Å². The van der Waals surface area contributed by atoms with Crippen molar-refractivity contribution in [2.45, 2.75) is 32.7 Å². The van der Waals surface area contributed by atoms with Gasteiger partial charge in [-0.2, -0.15) is 0 Å². The number of rotatable bonds is 5. The molecule has 3 N–H and O–H groups in total. The van der Waals surface area contributed by atoms with E-state index < -0.39 is 22.5 Å². The number of carboxylic acid groups (broad SMARTS) is 1. The highest BCUT2D eigenvalue weighted by Crippen LogP contribution is 2.21. The van der Waals surface area contributed by atoms with Gasteiger partial charge in [0.05, 0.1) is 11.3 Å². The van der Waals surface area contributed by atoms with Crippen molar-refractivity contribution >= 4 is 23.4 Å². The van der Waals surface area contributed by atoms with E-state index in [1.807, 2.05) is 0 Å². The highest BCUT2D eigenvalue weighted by Gasteiger charge is 2.24. The molecule has 2 amide bonds. The number of hydrogen-bond acceptors (Lipinski definition) is 4. The van der Waals surface area contributed by atoms with E-state index >= 15 is 0 Å². The largest absolute Gasteiger partial charge is 0.481 e. The third kappa shape index (κ3) is 5.09. The quantitative estimate of drug-likeness (QED) is 0.568. The van der Waals surface area contributed by atoms with Crippen molar-refractivity contribution < 1.29 is 19.6 Å². The average molecular weight is 295 g/mol. The van der Waals surface area contributed by atoms with E-state index in [2.05, 4.69) is 10.6 Å². The van der Waals surface area contributed by atoms with E-state index in [0.717, 1.165) is 0 Å². The summed E-state index contributed by atoms with van der Waals surface area (Å²) in [7, 11) is 0. The summed E-state index contributed by atoms with van der Waals surface area (Å²) >= 11 is 0. The third-order valence-electron chi connectivity index (χ3n) is 2.71. The minimum absolute atomic E-state index is 0.0651. The molecule has 0 aliphatic carbocycles. The molecule has 8 heteroatoms. The SMILES string of the molecule is Cc1cc([N+](=O)[O-])ccc1NC(=O)NC(C)(C)CC(=O)O. The Morgan fingerprint density at radius 1 is 1.38 bits per heavy atom. The number of nitro benzene ring substituents is 1. The van der Waals surface area contributed by atoms with Gasteiger partial charge in [-0.1, -0.05) is 0 Å². The van der Waals surface area contributed by atoms with Gasteiger partial charge in [0.15, 0.2) is 0 Å². The number of benzene rings is 1. The summed E-state index contributed by atoms with van der Waals surface area (Å²) in [5.41, 5.74) is -0.0193. The smallest absolute Gasteiger partial charge is 0.319 e. The van der Waals surface area contributed by atoms with Crippen LogP contribution in [0.5, 0.6) is 0 Å². The lowest BCUT2D eigenvalue weighted by atomic mass is 10.0. The second kappa shape index (κ2) is 6.21. The Kier molecular flexibility index (Phi) is 4.85. The Hall–Kier alpha value is -2.64. The molecule has 0 heterocycles. The molecule has 0 aromatic heterocycles. The van der Waals surface area contributed by atoms with E-state index in [1.165, 1.54) is 18.2 Å². The van der Waals surface area contributed by atoms with Gasteiger partial charge in [-0.25, -0.2) is 4.79 Å². The molecule has 0 fully saturated rings. The van der Waals surface area contributed by atoms with Gasteiger partial charge in [-0.3, -0.25) is 14.9 Å². The van der Waals surface area contributed by atoms with Crippen molar-refractivity contribution in [3.8, 4) is 0 Å². The number of anilines is 1. The van der Waals surface area contributed by atoms with Gasteiger partial charge in [-0.05, 0) is 32.4 Å². The van der Waals surface area contributed by atoms with Gasteiger partial charge in [0.25, 0.3) is 5.69 Å².